The molecule has 2 rings (SSSR count). The zero-order chi connectivity index (χ0) is 9.26. The minimum Gasteiger partial charge on any atom is -0.347 e. The Morgan fingerprint density at radius 1 is 1.62 bits per heavy atom. The van der Waals surface area contributed by atoms with Crippen LogP contribution in [0.25, 0.3) is 0 Å². The number of rotatable bonds is 2. The van der Waals surface area contributed by atoms with E-state index in [0.29, 0.717) is 6.04 Å². The monoisotopic (exact) mass is 180 g/mol. The number of aromatic nitrogens is 2. The summed E-state index contributed by atoms with van der Waals surface area (Å²) in [6, 6.07) is 0.547. The van der Waals surface area contributed by atoms with E-state index in [4.69, 9.17) is 0 Å². The molecule has 0 amide bonds. The average molecular weight is 180 g/mol. The van der Waals surface area contributed by atoms with E-state index in [9.17, 15) is 0 Å². The van der Waals surface area contributed by atoms with Crippen LogP contribution in [0.15, 0.2) is 6.33 Å². The van der Waals surface area contributed by atoms with E-state index in [0.717, 1.165) is 19.5 Å². The van der Waals surface area contributed by atoms with Gasteiger partial charge >= 0.3 is 0 Å². The third-order valence-corrected chi connectivity index (χ3v) is 2.40. The van der Waals surface area contributed by atoms with Crippen molar-refractivity contribution < 1.29 is 0 Å². The van der Waals surface area contributed by atoms with E-state index in [1.807, 2.05) is 0 Å². The normalized spacial score (nSPS) is 21.9. The third-order valence-electron chi connectivity index (χ3n) is 2.40. The number of aromatic amines is 1. The summed E-state index contributed by atoms with van der Waals surface area (Å²) in [5, 5.41) is 3.48. The highest BCUT2D eigenvalue weighted by atomic mass is 15.1. The van der Waals surface area contributed by atoms with Gasteiger partial charge in [-0.25, -0.2) is 4.98 Å². The standard InChI is InChI=1S/C9H16N4/c1-13(2)5-7-3-8-9(4-10-7)12-6-11-8/h6-7,10H,3-5H2,1-2H3,(H,11,12). The minimum absolute atomic E-state index is 0.547. The molecule has 0 saturated carbocycles. The lowest BCUT2D eigenvalue weighted by Crippen LogP contribution is -2.42. The molecule has 0 fully saturated rings. The van der Waals surface area contributed by atoms with E-state index >= 15 is 0 Å². The van der Waals surface area contributed by atoms with E-state index in [1.54, 1.807) is 6.33 Å². The van der Waals surface area contributed by atoms with Crippen LogP contribution in [0.4, 0.5) is 0 Å². The van der Waals surface area contributed by atoms with Crippen molar-refractivity contribution >= 4 is 0 Å². The van der Waals surface area contributed by atoms with Gasteiger partial charge in [-0.15, -0.1) is 0 Å². The van der Waals surface area contributed by atoms with Gasteiger partial charge in [0.05, 0.1) is 17.7 Å². The molecule has 2 N–H and O–H groups in total. The van der Waals surface area contributed by atoms with E-state index in [1.165, 1.54) is 11.4 Å². The van der Waals surface area contributed by atoms with Gasteiger partial charge in [0.2, 0.25) is 0 Å². The van der Waals surface area contributed by atoms with Crippen LogP contribution in [-0.4, -0.2) is 41.5 Å². The van der Waals surface area contributed by atoms with Crippen molar-refractivity contribution in [2.24, 2.45) is 0 Å². The second-order valence-corrected chi connectivity index (χ2v) is 3.87. The molecular formula is C9H16N4. The fourth-order valence-corrected chi connectivity index (χ4v) is 1.80. The van der Waals surface area contributed by atoms with Crippen LogP contribution < -0.4 is 5.32 Å². The Hall–Kier alpha value is -0.870. The highest BCUT2D eigenvalue weighted by Gasteiger charge is 2.19. The van der Waals surface area contributed by atoms with Gasteiger partial charge in [0.25, 0.3) is 0 Å². The summed E-state index contributed by atoms with van der Waals surface area (Å²) in [6.07, 6.45) is 2.82. The van der Waals surface area contributed by atoms with Crippen molar-refractivity contribution in [3.05, 3.63) is 17.7 Å². The van der Waals surface area contributed by atoms with Crippen LogP contribution in [-0.2, 0) is 13.0 Å². The fourth-order valence-electron chi connectivity index (χ4n) is 1.80. The molecule has 0 spiro atoms. The summed E-state index contributed by atoms with van der Waals surface area (Å²) in [6.45, 7) is 2.00. The third kappa shape index (κ3) is 1.89. The molecule has 0 aromatic carbocycles. The van der Waals surface area contributed by atoms with E-state index < -0.39 is 0 Å². The second kappa shape index (κ2) is 3.47. The summed E-state index contributed by atoms with van der Waals surface area (Å²) in [7, 11) is 4.20. The van der Waals surface area contributed by atoms with Crippen molar-refractivity contribution in [2.45, 2.75) is 19.0 Å². The number of imidazole rings is 1. The maximum absolute atomic E-state index is 4.30. The van der Waals surface area contributed by atoms with Gasteiger partial charge in [-0.2, -0.15) is 0 Å². The predicted molar refractivity (Wildman–Crippen MR) is 51.5 cm³/mol. The Kier molecular flexibility index (Phi) is 2.33. The highest BCUT2D eigenvalue weighted by Crippen LogP contribution is 2.11. The summed E-state index contributed by atoms with van der Waals surface area (Å²) in [5.41, 5.74) is 2.47. The maximum atomic E-state index is 4.30. The molecule has 1 aliphatic rings. The Bertz CT molecular complexity index is 279. The zero-order valence-corrected chi connectivity index (χ0v) is 8.17. The number of fused-ring (bicyclic) bond motifs is 1. The van der Waals surface area contributed by atoms with Crippen molar-refractivity contribution in [1.82, 2.24) is 20.2 Å². The van der Waals surface area contributed by atoms with Crippen molar-refractivity contribution in [3.63, 3.8) is 0 Å². The van der Waals surface area contributed by atoms with E-state index in [2.05, 4.69) is 34.3 Å². The average Bonchev–Trinajstić information content (AvgIpc) is 2.49. The lowest BCUT2D eigenvalue weighted by atomic mass is 10.1. The Labute approximate surface area is 78.4 Å². The second-order valence-electron chi connectivity index (χ2n) is 3.87. The van der Waals surface area contributed by atoms with Crippen molar-refractivity contribution in [3.8, 4) is 0 Å². The molecule has 13 heavy (non-hydrogen) atoms. The van der Waals surface area contributed by atoms with Crippen LogP contribution in [0.5, 0.6) is 0 Å². The number of likely N-dealkylation sites (N-methyl/N-ethyl adjacent to an activating group) is 1. The largest absolute Gasteiger partial charge is 0.347 e. The number of nitrogens with one attached hydrogen (secondary N) is 2. The molecule has 2 heterocycles. The van der Waals surface area contributed by atoms with Gasteiger partial charge < -0.3 is 15.2 Å². The smallest absolute Gasteiger partial charge is 0.0925 e. The number of H-pyrrole nitrogens is 1. The molecule has 72 valence electrons. The molecule has 1 aromatic heterocycles. The van der Waals surface area contributed by atoms with Crippen LogP contribution >= 0.6 is 0 Å². The molecule has 0 saturated heterocycles. The van der Waals surface area contributed by atoms with Gasteiger partial charge in [-0.05, 0) is 14.1 Å². The maximum Gasteiger partial charge on any atom is 0.0925 e. The van der Waals surface area contributed by atoms with Crippen LogP contribution in [0.2, 0.25) is 0 Å². The first kappa shape index (κ1) is 8.72. The summed E-state index contributed by atoms with van der Waals surface area (Å²) < 4.78 is 0. The predicted octanol–water partition coefficient (Wildman–Crippen LogP) is -0.0144. The molecule has 4 nitrogen and oxygen atoms in total. The van der Waals surface area contributed by atoms with Crippen LogP contribution in [0.3, 0.4) is 0 Å². The molecule has 0 radical (unpaired) electrons. The van der Waals surface area contributed by atoms with E-state index in [-0.39, 0.29) is 0 Å². The minimum atomic E-state index is 0.547. The Morgan fingerprint density at radius 2 is 2.46 bits per heavy atom. The number of hydrogen-bond donors (Lipinski definition) is 2. The SMILES string of the molecule is CN(C)CC1Cc2nc[nH]c2CN1. The molecule has 1 aliphatic heterocycles. The molecular weight excluding hydrogens is 164 g/mol. The summed E-state index contributed by atoms with van der Waals surface area (Å²) in [5.74, 6) is 0. The molecule has 1 unspecified atom stereocenters. The number of hydrogen-bond acceptors (Lipinski definition) is 3. The van der Waals surface area contributed by atoms with Gasteiger partial charge in [0.1, 0.15) is 0 Å². The van der Waals surface area contributed by atoms with Crippen LogP contribution in [0.1, 0.15) is 11.4 Å². The van der Waals surface area contributed by atoms with Gasteiger partial charge in [0, 0.05) is 25.6 Å². The zero-order valence-electron chi connectivity index (χ0n) is 8.17. The first-order valence-corrected chi connectivity index (χ1v) is 4.65. The molecule has 0 aliphatic carbocycles. The molecule has 1 atom stereocenters. The first-order valence-electron chi connectivity index (χ1n) is 4.65. The quantitative estimate of drug-likeness (QED) is 0.672. The van der Waals surface area contributed by atoms with Crippen molar-refractivity contribution in [2.75, 3.05) is 20.6 Å². The summed E-state index contributed by atoms with van der Waals surface area (Å²) >= 11 is 0. The van der Waals surface area contributed by atoms with Gasteiger partial charge in [0.15, 0.2) is 0 Å². The Morgan fingerprint density at radius 3 is 3.23 bits per heavy atom. The van der Waals surface area contributed by atoms with Crippen LogP contribution in [0, 0.1) is 0 Å². The number of nitrogens with zero attached hydrogens (tertiary/aromatic N) is 2. The highest BCUT2D eigenvalue weighted by molar-refractivity contribution is 5.15. The fraction of sp³-hybridized carbons (Fsp3) is 0.667. The molecule has 4 heteroatoms. The topological polar surface area (TPSA) is 44.0 Å². The molecule has 1 aromatic rings. The summed E-state index contributed by atoms with van der Waals surface area (Å²) in [4.78, 5) is 9.65. The van der Waals surface area contributed by atoms with Crippen molar-refractivity contribution in [1.29, 1.82) is 0 Å². The lowest BCUT2D eigenvalue weighted by Gasteiger charge is -2.25. The molecule has 0 bridgehead atoms. The van der Waals surface area contributed by atoms with Gasteiger partial charge in [-0.3, -0.25) is 0 Å². The first-order chi connectivity index (χ1) is 6.25. The van der Waals surface area contributed by atoms with Gasteiger partial charge in [-0.1, -0.05) is 0 Å². The Balaban J connectivity index is 2.00. The lowest BCUT2D eigenvalue weighted by molar-refractivity contribution is 0.324.